The lowest BCUT2D eigenvalue weighted by Crippen LogP contribution is -2.31. The number of imide groups is 1. The maximum absolute atomic E-state index is 11.9. The zero-order chi connectivity index (χ0) is 18.6. The molecule has 1 fully saturated rings. The topological polar surface area (TPSA) is 119 Å². The third-order valence-corrected chi connectivity index (χ3v) is 6.51. The van der Waals surface area contributed by atoms with Crippen LogP contribution < -0.4 is 5.32 Å². The molecule has 0 spiro atoms. The number of aromatic nitrogens is 2. The summed E-state index contributed by atoms with van der Waals surface area (Å²) in [5.41, 5.74) is 0.400. The average molecular weight is 395 g/mol. The first-order valence-corrected chi connectivity index (χ1v) is 10.8. The van der Waals surface area contributed by atoms with Crippen molar-refractivity contribution in [3.8, 4) is 0 Å². The number of amides is 2. The van der Waals surface area contributed by atoms with E-state index >= 15 is 0 Å². The number of hydrogen-bond donors (Lipinski definition) is 1. The smallest absolute Gasteiger partial charge is 0.277 e. The Balaban J connectivity index is 1.46. The zero-order valence-electron chi connectivity index (χ0n) is 13.8. The summed E-state index contributed by atoms with van der Waals surface area (Å²) in [5.74, 6) is -0.293. The van der Waals surface area contributed by atoms with Gasteiger partial charge in [-0.1, -0.05) is 30.0 Å². The lowest BCUT2D eigenvalue weighted by molar-refractivity contribution is -0.117. The molecule has 1 aromatic heterocycles. The first kappa shape index (κ1) is 18.6. The molecule has 0 bridgehead atoms. The van der Waals surface area contributed by atoms with Crippen LogP contribution in [0.3, 0.4) is 0 Å². The molecule has 0 aliphatic carbocycles. The van der Waals surface area contributed by atoms with E-state index in [0.717, 1.165) is 11.8 Å². The number of nitrogens with one attached hydrogen (secondary N) is 1. The van der Waals surface area contributed by atoms with Crippen LogP contribution in [-0.4, -0.2) is 47.7 Å². The molecule has 0 unspecified atom stereocenters. The molecule has 2 aromatic rings. The molecule has 1 saturated heterocycles. The van der Waals surface area contributed by atoms with Crippen LogP contribution in [0, 0.1) is 5.92 Å². The predicted molar refractivity (Wildman–Crippen MR) is 94.4 cm³/mol. The normalized spacial score (nSPS) is 18.5. The molecule has 1 atom stereocenters. The molecule has 3 rings (SSSR count). The van der Waals surface area contributed by atoms with Crippen molar-refractivity contribution in [2.24, 2.45) is 5.92 Å². The van der Waals surface area contributed by atoms with Gasteiger partial charge in [0.25, 0.3) is 11.1 Å². The SMILES string of the molecule is O=C(CSc1nnc(C[C@@H]2CCS(=O)(=O)C2)o1)NC(=O)c1ccccc1. The Kier molecular flexibility index (Phi) is 5.72. The van der Waals surface area contributed by atoms with Gasteiger partial charge >= 0.3 is 0 Å². The monoisotopic (exact) mass is 395 g/mol. The minimum Gasteiger partial charge on any atom is -0.416 e. The van der Waals surface area contributed by atoms with E-state index in [1.807, 2.05) is 0 Å². The fourth-order valence-electron chi connectivity index (χ4n) is 2.61. The van der Waals surface area contributed by atoms with Crippen molar-refractivity contribution in [3.05, 3.63) is 41.8 Å². The van der Waals surface area contributed by atoms with E-state index in [-0.39, 0.29) is 28.4 Å². The van der Waals surface area contributed by atoms with Gasteiger partial charge in [-0.15, -0.1) is 10.2 Å². The Morgan fingerprint density at radius 1 is 1.23 bits per heavy atom. The van der Waals surface area contributed by atoms with E-state index in [1.165, 1.54) is 0 Å². The van der Waals surface area contributed by atoms with Crippen molar-refractivity contribution < 1.29 is 22.4 Å². The summed E-state index contributed by atoms with van der Waals surface area (Å²) in [6.07, 6.45) is 1.00. The fourth-order valence-corrected chi connectivity index (χ4v) is 5.05. The lowest BCUT2D eigenvalue weighted by Gasteiger charge is -2.03. The van der Waals surface area contributed by atoms with Crippen LogP contribution in [0.2, 0.25) is 0 Å². The van der Waals surface area contributed by atoms with Gasteiger partial charge in [0.2, 0.25) is 11.8 Å². The second-order valence-electron chi connectivity index (χ2n) is 5.97. The van der Waals surface area contributed by atoms with Gasteiger partial charge in [0.05, 0.1) is 17.3 Å². The quantitative estimate of drug-likeness (QED) is 0.722. The minimum atomic E-state index is -2.94. The highest BCUT2D eigenvalue weighted by atomic mass is 32.2. The van der Waals surface area contributed by atoms with Gasteiger partial charge in [0.1, 0.15) is 0 Å². The molecule has 1 N–H and O–H groups in total. The van der Waals surface area contributed by atoms with E-state index in [9.17, 15) is 18.0 Å². The Labute approximate surface area is 154 Å². The van der Waals surface area contributed by atoms with Gasteiger partial charge in [0, 0.05) is 12.0 Å². The van der Waals surface area contributed by atoms with Crippen LogP contribution in [0.4, 0.5) is 0 Å². The Morgan fingerprint density at radius 3 is 2.69 bits per heavy atom. The third kappa shape index (κ3) is 5.15. The van der Waals surface area contributed by atoms with Crippen LogP contribution in [-0.2, 0) is 21.1 Å². The van der Waals surface area contributed by atoms with Crippen molar-refractivity contribution in [2.45, 2.75) is 18.1 Å². The summed E-state index contributed by atoms with van der Waals surface area (Å²) in [4.78, 5) is 23.7. The van der Waals surface area contributed by atoms with Gasteiger partial charge in [-0.25, -0.2) is 8.42 Å². The van der Waals surface area contributed by atoms with Crippen molar-refractivity contribution >= 4 is 33.4 Å². The molecule has 2 heterocycles. The number of benzene rings is 1. The first-order valence-electron chi connectivity index (χ1n) is 7.96. The summed E-state index contributed by atoms with van der Waals surface area (Å²) in [7, 11) is -2.94. The van der Waals surface area contributed by atoms with E-state index in [4.69, 9.17) is 4.42 Å². The number of hydrogen-bond acceptors (Lipinski definition) is 8. The van der Waals surface area contributed by atoms with Crippen molar-refractivity contribution in [3.63, 3.8) is 0 Å². The van der Waals surface area contributed by atoms with E-state index in [2.05, 4.69) is 15.5 Å². The largest absolute Gasteiger partial charge is 0.416 e. The van der Waals surface area contributed by atoms with Crippen LogP contribution in [0.15, 0.2) is 40.0 Å². The number of carbonyl (C=O) groups is 2. The fraction of sp³-hybridized carbons (Fsp3) is 0.375. The second kappa shape index (κ2) is 8.00. The molecule has 8 nitrogen and oxygen atoms in total. The number of carbonyl (C=O) groups excluding carboxylic acids is 2. The highest BCUT2D eigenvalue weighted by molar-refractivity contribution is 7.99. The van der Waals surface area contributed by atoms with Crippen LogP contribution in [0.5, 0.6) is 0 Å². The zero-order valence-corrected chi connectivity index (χ0v) is 15.4. The molecule has 0 radical (unpaired) electrons. The molecule has 0 saturated carbocycles. The van der Waals surface area contributed by atoms with Gasteiger partial charge in [-0.2, -0.15) is 0 Å². The average Bonchev–Trinajstić information content (AvgIpc) is 3.20. The highest BCUT2D eigenvalue weighted by Crippen LogP contribution is 2.23. The van der Waals surface area contributed by atoms with Crippen molar-refractivity contribution in [1.29, 1.82) is 0 Å². The lowest BCUT2D eigenvalue weighted by atomic mass is 10.1. The molecule has 1 aliphatic rings. The van der Waals surface area contributed by atoms with E-state index in [0.29, 0.717) is 24.3 Å². The van der Waals surface area contributed by atoms with Crippen molar-refractivity contribution in [1.82, 2.24) is 15.5 Å². The Morgan fingerprint density at radius 2 is 2.00 bits per heavy atom. The van der Waals surface area contributed by atoms with Gasteiger partial charge in [0.15, 0.2) is 9.84 Å². The molecule has 10 heteroatoms. The molecule has 1 aliphatic heterocycles. The molecule has 138 valence electrons. The number of thioether (sulfide) groups is 1. The second-order valence-corrected chi connectivity index (χ2v) is 9.12. The highest BCUT2D eigenvalue weighted by Gasteiger charge is 2.29. The number of nitrogens with zero attached hydrogens (tertiary/aromatic N) is 2. The molecular formula is C16H17N3O5S2. The summed E-state index contributed by atoms with van der Waals surface area (Å²) in [6.45, 7) is 0. The molecular weight excluding hydrogens is 378 g/mol. The maximum Gasteiger partial charge on any atom is 0.277 e. The van der Waals surface area contributed by atoms with Crippen LogP contribution >= 0.6 is 11.8 Å². The summed E-state index contributed by atoms with van der Waals surface area (Å²) < 4.78 is 28.4. The van der Waals surface area contributed by atoms with Crippen LogP contribution in [0.1, 0.15) is 22.7 Å². The minimum absolute atomic E-state index is 0.00917. The predicted octanol–water partition coefficient (Wildman–Crippen LogP) is 1.10. The third-order valence-electron chi connectivity index (χ3n) is 3.85. The van der Waals surface area contributed by atoms with Gasteiger partial charge < -0.3 is 4.42 Å². The number of rotatable bonds is 6. The molecule has 2 amide bonds. The van der Waals surface area contributed by atoms with E-state index < -0.39 is 21.7 Å². The number of sulfone groups is 1. The van der Waals surface area contributed by atoms with Gasteiger partial charge in [-0.05, 0) is 24.5 Å². The first-order chi connectivity index (χ1) is 12.4. The summed E-state index contributed by atoms with van der Waals surface area (Å²) in [5, 5.41) is 10.2. The van der Waals surface area contributed by atoms with Crippen molar-refractivity contribution in [2.75, 3.05) is 17.3 Å². The molecule has 1 aromatic carbocycles. The summed E-state index contributed by atoms with van der Waals surface area (Å²) >= 11 is 1.02. The maximum atomic E-state index is 11.9. The van der Waals surface area contributed by atoms with Gasteiger partial charge in [-0.3, -0.25) is 14.9 Å². The molecule has 26 heavy (non-hydrogen) atoms. The summed E-state index contributed by atoms with van der Waals surface area (Å²) in [6, 6.07) is 8.43. The Bertz CT molecular complexity index is 896. The standard InChI is InChI=1S/C16H17N3O5S2/c20-13(17-15(21)12-4-2-1-3-5-12)9-25-16-19-18-14(24-16)8-11-6-7-26(22,23)10-11/h1-5,11H,6-10H2,(H,17,20,21)/t11-/m0/s1. The van der Waals surface area contributed by atoms with Crippen LogP contribution in [0.25, 0.3) is 0 Å². The van der Waals surface area contributed by atoms with E-state index in [1.54, 1.807) is 30.3 Å². The Hall–Kier alpha value is -2.20.